The van der Waals surface area contributed by atoms with Gasteiger partial charge in [0.25, 0.3) is 11.8 Å². The Morgan fingerprint density at radius 1 is 1.19 bits per heavy atom. The fraction of sp³-hybridized carbons (Fsp3) is 0.462. The highest BCUT2D eigenvalue weighted by molar-refractivity contribution is 7.13. The number of H-pyrrole nitrogens is 1. The number of benzene rings is 1. The van der Waals surface area contributed by atoms with Crippen molar-refractivity contribution in [3.63, 3.8) is 0 Å². The number of rotatable bonds is 6. The summed E-state index contributed by atoms with van der Waals surface area (Å²) in [4.78, 5) is 49.9. The van der Waals surface area contributed by atoms with E-state index in [0.717, 1.165) is 41.0 Å². The Morgan fingerprint density at radius 2 is 2.00 bits per heavy atom. The molecule has 1 fully saturated rings. The summed E-state index contributed by atoms with van der Waals surface area (Å²) < 4.78 is 5.24. The maximum atomic E-state index is 13.2. The maximum Gasteiger partial charge on any atom is 0.308 e. The molecule has 2 unspecified atom stereocenters. The number of hydrogen-bond donors (Lipinski definition) is 3. The Balaban J connectivity index is 1.33. The first-order valence-corrected chi connectivity index (χ1v) is 13.7. The van der Waals surface area contributed by atoms with Crippen LogP contribution in [0.15, 0.2) is 24.3 Å². The van der Waals surface area contributed by atoms with Crippen molar-refractivity contribution in [1.29, 1.82) is 0 Å². The highest BCUT2D eigenvalue weighted by Crippen LogP contribution is 2.29. The third kappa shape index (κ3) is 5.66. The van der Waals surface area contributed by atoms with E-state index < -0.39 is 6.04 Å². The minimum Gasteiger partial charge on any atom is -0.466 e. The quantitative estimate of drug-likeness (QED) is 0.410. The number of hydrogen-bond acceptors (Lipinski definition) is 7. The van der Waals surface area contributed by atoms with Crippen molar-refractivity contribution in [2.75, 3.05) is 20.2 Å². The SMILES string of the molecule is CCOC(=O)[C@H]1CCC(NC(=O)c2cc3cc(Cl)ccc3[nH]2)C(NC(=O)c2nc3c(s2)CN(C)CC3)C1. The molecule has 37 heavy (non-hydrogen) atoms. The average Bonchev–Trinajstić information content (AvgIpc) is 3.49. The third-order valence-electron chi connectivity index (χ3n) is 7.05. The van der Waals surface area contributed by atoms with Gasteiger partial charge in [-0.1, -0.05) is 11.6 Å². The summed E-state index contributed by atoms with van der Waals surface area (Å²) in [5.74, 6) is -1.17. The van der Waals surface area contributed by atoms with Crippen LogP contribution in [0, 0.1) is 5.92 Å². The first-order chi connectivity index (χ1) is 17.8. The fourth-order valence-electron chi connectivity index (χ4n) is 5.10. The van der Waals surface area contributed by atoms with Crippen LogP contribution in [-0.4, -0.2) is 64.9 Å². The number of halogens is 1. The van der Waals surface area contributed by atoms with Gasteiger partial charge >= 0.3 is 5.97 Å². The molecule has 1 saturated carbocycles. The van der Waals surface area contributed by atoms with E-state index >= 15 is 0 Å². The summed E-state index contributed by atoms with van der Waals surface area (Å²) in [6, 6.07) is 6.35. The Bertz CT molecular complexity index is 1340. The van der Waals surface area contributed by atoms with Gasteiger partial charge in [0.2, 0.25) is 0 Å². The molecule has 1 aliphatic carbocycles. The lowest BCUT2D eigenvalue weighted by atomic mass is 9.82. The Kier molecular flexibility index (Phi) is 7.50. The molecule has 2 aromatic heterocycles. The highest BCUT2D eigenvalue weighted by atomic mass is 35.5. The molecule has 196 valence electrons. The van der Waals surface area contributed by atoms with Gasteiger partial charge in [-0.2, -0.15) is 0 Å². The van der Waals surface area contributed by atoms with Crippen LogP contribution in [0.1, 0.15) is 57.0 Å². The molecule has 0 saturated heterocycles. The number of carbonyl (C=O) groups is 3. The monoisotopic (exact) mass is 543 g/mol. The molecule has 0 spiro atoms. The van der Waals surface area contributed by atoms with Crippen molar-refractivity contribution >= 4 is 51.6 Å². The van der Waals surface area contributed by atoms with Gasteiger partial charge in [0.15, 0.2) is 5.01 Å². The molecule has 3 N–H and O–H groups in total. The predicted molar refractivity (Wildman–Crippen MR) is 142 cm³/mol. The maximum absolute atomic E-state index is 13.2. The normalized spacial score (nSPS) is 21.9. The van der Waals surface area contributed by atoms with Crippen LogP contribution in [0.3, 0.4) is 0 Å². The molecule has 9 nitrogen and oxygen atoms in total. The topological polar surface area (TPSA) is 116 Å². The average molecular weight is 544 g/mol. The van der Waals surface area contributed by atoms with Crippen LogP contribution in [0.4, 0.5) is 0 Å². The zero-order chi connectivity index (χ0) is 26.1. The number of carbonyl (C=O) groups excluding carboxylic acids is 3. The number of nitrogens with one attached hydrogen (secondary N) is 3. The standard InChI is InChI=1S/C26H30ClN5O4S/c1-3-36-26(35)14-4-6-18(29-23(33)21-12-15-10-16(27)5-7-17(15)28-21)20(11-14)30-24(34)25-31-19-8-9-32(2)13-22(19)37-25/h5,7,10,12,14,18,20,28H,3-4,6,8-9,11,13H2,1-2H3,(H,29,33)(H,30,34)/t14-,18?,20?/m0/s1. The molecule has 11 heteroatoms. The molecule has 5 rings (SSSR count). The fourth-order valence-corrected chi connectivity index (χ4v) is 6.37. The number of thiazole rings is 1. The summed E-state index contributed by atoms with van der Waals surface area (Å²) in [5, 5.41) is 7.98. The van der Waals surface area contributed by atoms with Crippen molar-refractivity contribution in [2.24, 2.45) is 5.92 Å². The second-order valence-corrected chi connectivity index (χ2v) is 11.2. The molecular weight excluding hydrogens is 514 g/mol. The highest BCUT2D eigenvalue weighted by Gasteiger charge is 2.37. The lowest BCUT2D eigenvalue weighted by Gasteiger charge is -2.35. The van der Waals surface area contributed by atoms with Gasteiger partial charge in [-0.15, -0.1) is 11.3 Å². The molecule has 2 aliphatic rings. The summed E-state index contributed by atoms with van der Waals surface area (Å²) in [5.41, 5.74) is 2.19. The van der Waals surface area contributed by atoms with Gasteiger partial charge < -0.3 is 25.3 Å². The summed E-state index contributed by atoms with van der Waals surface area (Å²) in [6.07, 6.45) is 2.30. The number of aromatic nitrogens is 2. The van der Waals surface area contributed by atoms with Gasteiger partial charge in [0.05, 0.1) is 24.3 Å². The van der Waals surface area contributed by atoms with E-state index in [1.165, 1.54) is 11.3 Å². The van der Waals surface area contributed by atoms with Gasteiger partial charge in [-0.05, 0) is 57.5 Å². The number of ether oxygens (including phenoxy) is 1. The van der Waals surface area contributed by atoms with Gasteiger partial charge in [-0.25, -0.2) is 4.98 Å². The van der Waals surface area contributed by atoms with E-state index in [1.807, 2.05) is 6.07 Å². The number of nitrogens with zero attached hydrogens (tertiary/aromatic N) is 2. The van der Waals surface area contributed by atoms with E-state index in [0.29, 0.717) is 41.6 Å². The van der Waals surface area contributed by atoms with Crippen LogP contribution in [0.2, 0.25) is 5.02 Å². The van der Waals surface area contributed by atoms with Gasteiger partial charge in [0.1, 0.15) is 5.69 Å². The summed E-state index contributed by atoms with van der Waals surface area (Å²) in [7, 11) is 2.05. The molecule has 0 radical (unpaired) electrons. The first kappa shape index (κ1) is 25.7. The Hall–Kier alpha value is -2.95. The zero-order valence-corrected chi connectivity index (χ0v) is 22.4. The van der Waals surface area contributed by atoms with Gasteiger partial charge in [-0.3, -0.25) is 14.4 Å². The first-order valence-electron chi connectivity index (χ1n) is 12.5. The smallest absolute Gasteiger partial charge is 0.308 e. The lowest BCUT2D eigenvalue weighted by molar-refractivity contribution is -0.149. The molecule has 2 amide bonds. The van der Waals surface area contributed by atoms with E-state index in [9.17, 15) is 14.4 Å². The van der Waals surface area contributed by atoms with Crippen LogP contribution < -0.4 is 10.6 Å². The summed E-state index contributed by atoms with van der Waals surface area (Å²) >= 11 is 7.49. The van der Waals surface area contributed by atoms with Crippen LogP contribution in [-0.2, 0) is 22.5 Å². The Morgan fingerprint density at radius 3 is 2.81 bits per heavy atom. The minimum atomic E-state index is -0.443. The zero-order valence-electron chi connectivity index (χ0n) is 20.8. The van der Waals surface area contributed by atoms with E-state index in [4.69, 9.17) is 16.3 Å². The molecule has 0 bridgehead atoms. The molecule has 3 aromatic rings. The number of amides is 2. The second-order valence-electron chi connectivity index (χ2n) is 9.71. The number of likely N-dealkylation sites (N-methyl/N-ethyl adjacent to an activating group) is 1. The molecule has 1 aromatic carbocycles. The van der Waals surface area contributed by atoms with Crippen LogP contribution in [0.25, 0.3) is 10.9 Å². The van der Waals surface area contributed by atoms with Crippen molar-refractivity contribution < 1.29 is 19.1 Å². The van der Waals surface area contributed by atoms with Crippen LogP contribution >= 0.6 is 22.9 Å². The largest absolute Gasteiger partial charge is 0.466 e. The van der Waals surface area contributed by atoms with Gasteiger partial charge in [0, 0.05) is 46.4 Å². The van der Waals surface area contributed by atoms with E-state index in [2.05, 4.69) is 32.5 Å². The predicted octanol–water partition coefficient (Wildman–Crippen LogP) is 3.53. The minimum absolute atomic E-state index is 0.272. The molecule has 3 atom stereocenters. The third-order valence-corrected chi connectivity index (χ3v) is 8.36. The number of fused-ring (bicyclic) bond motifs is 2. The number of esters is 1. The van der Waals surface area contributed by atoms with E-state index in [1.54, 1.807) is 25.1 Å². The van der Waals surface area contributed by atoms with Crippen molar-refractivity contribution in [3.8, 4) is 0 Å². The van der Waals surface area contributed by atoms with Crippen LogP contribution in [0.5, 0.6) is 0 Å². The lowest BCUT2D eigenvalue weighted by Crippen LogP contribution is -2.55. The molecular formula is C26H30ClN5O4S. The van der Waals surface area contributed by atoms with Crippen molar-refractivity contribution in [2.45, 2.75) is 51.2 Å². The number of aromatic amines is 1. The Labute approximate surface area is 223 Å². The second kappa shape index (κ2) is 10.8. The van der Waals surface area contributed by atoms with E-state index in [-0.39, 0.29) is 29.7 Å². The molecule has 1 aliphatic heterocycles. The summed E-state index contributed by atoms with van der Waals surface area (Å²) in [6.45, 7) is 3.77. The van der Waals surface area contributed by atoms with Crippen molar-refractivity contribution in [1.82, 2.24) is 25.5 Å². The van der Waals surface area contributed by atoms with Crippen molar-refractivity contribution in [3.05, 3.63) is 50.6 Å². The molecule has 3 heterocycles.